The van der Waals surface area contributed by atoms with Crippen LogP contribution in [0.3, 0.4) is 0 Å². The Kier molecular flexibility index (Phi) is 2.32. The molecule has 2 heterocycles. The molecule has 2 rings (SSSR count). The summed E-state index contributed by atoms with van der Waals surface area (Å²) in [6, 6.07) is 0.385. The molecule has 1 aromatic heterocycles. The van der Waals surface area contributed by atoms with Gasteiger partial charge in [-0.15, -0.1) is 10.2 Å². The Morgan fingerprint density at radius 1 is 1.75 bits per heavy atom. The zero-order chi connectivity index (χ0) is 8.39. The molecule has 0 radical (unpaired) electrons. The van der Waals surface area contributed by atoms with E-state index in [0.717, 1.165) is 18.1 Å². The van der Waals surface area contributed by atoms with Gasteiger partial charge in [-0.3, -0.25) is 0 Å². The van der Waals surface area contributed by atoms with E-state index in [1.165, 1.54) is 5.75 Å². The lowest BCUT2D eigenvalue weighted by atomic mass is 10.3. The minimum absolute atomic E-state index is 0.385. The van der Waals surface area contributed by atoms with Crippen LogP contribution in [0.2, 0.25) is 0 Å². The van der Waals surface area contributed by atoms with Gasteiger partial charge in [0, 0.05) is 25.1 Å². The first-order valence-electron chi connectivity index (χ1n) is 4.03. The zero-order valence-electron chi connectivity index (χ0n) is 7.03. The van der Waals surface area contributed by atoms with Crippen molar-refractivity contribution in [1.29, 1.82) is 0 Å². The molecule has 66 valence electrons. The van der Waals surface area contributed by atoms with Gasteiger partial charge in [-0.1, -0.05) is 0 Å². The van der Waals surface area contributed by atoms with E-state index in [4.69, 9.17) is 0 Å². The van der Waals surface area contributed by atoms with E-state index < -0.39 is 0 Å². The molecular formula is C7H12N4S. The van der Waals surface area contributed by atoms with Crippen molar-refractivity contribution in [3.63, 3.8) is 0 Å². The number of aromatic nitrogens is 3. The number of nitrogens with zero attached hydrogens (tertiary/aromatic N) is 3. The van der Waals surface area contributed by atoms with Crippen molar-refractivity contribution in [3.8, 4) is 0 Å². The van der Waals surface area contributed by atoms with Crippen molar-refractivity contribution in [2.75, 3.05) is 18.1 Å². The van der Waals surface area contributed by atoms with Gasteiger partial charge in [0.2, 0.25) is 0 Å². The van der Waals surface area contributed by atoms with Crippen LogP contribution in [0, 0.1) is 0 Å². The van der Waals surface area contributed by atoms with E-state index in [-0.39, 0.29) is 0 Å². The van der Waals surface area contributed by atoms with Crippen LogP contribution in [0.4, 0.5) is 0 Å². The topological polar surface area (TPSA) is 42.7 Å². The summed E-state index contributed by atoms with van der Waals surface area (Å²) in [6.07, 6.45) is 1.75. The van der Waals surface area contributed by atoms with Gasteiger partial charge in [0.25, 0.3) is 0 Å². The van der Waals surface area contributed by atoms with Gasteiger partial charge in [-0.2, -0.15) is 11.8 Å². The molecule has 1 unspecified atom stereocenters. The fraction of sp³-hybridized carbons (Fsp3) is 0.714. The van der Waals surface area contributed by atoms with Gasteiger partial charge in [-0.25, -0.2) is 0 Å². The summed E-state index contributed by atoms with van der Waals surface area (Å²) >= 11 is 1.97. The van der Waals surface area contributed by atoms with Crippen molar-refractivity contribution in [2.24, 2.45) is 7.05 Å². The molecule has 0 aromatic carbocycles. The highest BCUT2D eigenvalue weighted by Crippen LogP contribution is 2.18. The monoisotopic (exact) mass is 184 g/mol. The summed E-state index contributed by atoms with van der Waals surface area (Å²) in [4.78, 5) is 0. The maximum absolute atomic E-state index is 4.08. The summed E-state index contributed by atoms with van der Waals surface area (Å²) in [5.41, 5.74) is 0. The minimum Gasteiger partial charge on any atom is -0.319 e. The van der Waals surface area contributed by atoms with Crippen LogP contribution in [-0.4, -0.2) is 32.8 Å². The highest BCUT2D eigenvalue weighted by molar-refractivity contribution is 7.99. The Balaban J connectivity index is 2.13. The number of aryl methyl sites for hydroxylation is 1. The molecule has 12 heavy (non-hydrogen) atoms. The lowest BCUT2D eigenvalue weighted by Gasteiger charge is -2.21. The van der Waals surface area contributed by atoms with Gasteiger partial charge in [0.15, 0.2) is 5.82 Å². The third-order valence-corrected chi connectivity index (χ3v) is 3.04. The number of hydrogen-bond donors (Lipinski definition) is 1. The summed E-state index contributed by atoms with van der Waals surface area (Å²) in [5, 5.41) is 11.4. The average molecular weight is 184 g/mol. The highest BCUT2D eigenvalue weighted by atomic mass is 32.2. The molecule has 0 amide bonds. The van der Waals surface area contributed by atoms with Crippen molar-refractivity contribution >= 4 is 11.8 Å². The van der Waals surface area contributed by atoms with Crippen LogP contribution < -0.4 is 5.32 Å². The van der Waals surface area contributed by atoms with Crippen molar-refractivity contribution in [1.82, 2.24) is 20.1 Å². The summed E-state index contributed by atoms with van der Waals surface area (Å²) in [7, 11) is 1.98. The molecule has 1 aromatic rings. The smallest absolute Gasteiger partial charge is 0.150 e. The Hall–Kier alpha value is -0.550. The number of rotatable bonds is 1. The first-order valence-corrected chi connectivity index (χ1v) is 5.18. The maximum atomic E-state index is 4.08. The van der Waals surface area contributed by atoms with Crippen LogP contribution in [0.5, 0.6) is 0 Å². The zero-order valence-corrected chi connectivity index (χ0v) is 7.84. The van der Waals surface area contributed by atoms with Gasteiger partial charge in [0.1, 0.15) is 6.33 Å². The molecule has 1 N–H and O–H groups in total. The van der Waals surface area contributed by atoms with Crippen LogP contribution in [0.1, 0.15) is 11.9 Å². The lowest BCUT2D eigenvalue weighted by Crippen LogP contribution is -2.32. The van der Waals surface area contributed by atoms with E-state index in [1.807, 2.05) is 23.4 Å². The summed E-state index contributed by atoms with van der Waals surface area (Å²) in [6.45, 7) is 1.07. The largest absolute Gasteiger partial charge is 0.319 e. The fourth-order valence-electron chi connectivity index (χ4n) is 1.34. The Morgan fingerprint density at radius 2 is 2.67 bits per heavy atom. The molecule has 0 bridgehead atoms. The second kappa shape index (κ2) is 3.45. The molecule has 5 heteroatoms. The van der Waals surface area contributed by atoms with Gasteiger partial charge in [-0.05, 0) is 0 Å². The second-order valence-corrected chi connectivity index (χ2v) is 4.03. The maximum Gasteiger partial charge on any atom is 0.150 e. The molecule has 0 saturated carbocycles. The van der Waals surface area contributed by atoms with E-state index in [2.05, 4.69) is 15.5 Å². The third kappa shape index (κ3) is 1.47. The van der Waals surface area contributed by atoms with E-state index in [1.54, 1.807) is 6.33 Å². The highest BCUT2D eigenvalue weighted by Gasteiger charge is 2.18. The summed E-state index contributed by atoms with van der Waals surface area (Å²) in [5.74, 6) is 3.35. The minimum atomic E-state index is 0.385. The number of hydrogen-bond acceptors (Lipinski definition) is 4. The van der Waals surface area contributed by atoms with Crippen LogP contribution in [0.25, 0.3) is 0 Å². The molecule has 0 spiro atoms. The lowest BCUT2D eigenvalue weighted by molar-refractivity contribution is 0.544. The van der Waals surface area contributed by atoms with Gasteiger partial charge in [0.05, 0.1) is 6.04 Å². The van der Waals surface area contributed by atoms with E-state index >= 15 is 0 Å². The Bertz CT molecular complexity index is 254. The third-order valence-electron chi connectivity index (χ3n) is 1.98. The molecule has 1 atom stereocenters. The van der Waals surface area contributed by atoms with E-state index in [0.29, 0.717) is 6.04 Å². The molecule has 1 fully saturated rings. The molecule has 1 aliphatic rings. The molecule has 1 saturated heterocycles. The van der Waals surface area contributed by atoms with Crippen LogP contribution in [0.15, 0.2) is 6.33 Å². The van der Waals surface area contributed by atoms with Crippen molar-refractivity contribution in [2.45, 2.75) is 6.04 Å². The molecule has 4 nitrogen and oxygen atoms in total. The summed E-state index contributed by atoms with van der Waals surface area (Å²) < 4.78 is 1.98. The van der Waals surface area contributed by atoms with Crippen LogP contribution in [-0.2, 0) is 7.05 Å². The fourth-order valence-corrected chi connectivity index (χ4v) is 2.27. The standard InChI is InChI=1S/C7H12N4S/c1-11-5-9-10-7(11)6-4-12-3-2-8-6/h5-6,8H,2-4H2,1H3. The normalized spacial score (nSPS) is 24.2. The first-order chi connectivity index (χ1) is 5.88. The first kappa shape index (κ1) is 8.07. The van der Waals surface area contributed by atoms with E-state index in [9.17, 15) is 0 Å². The number of thioether (sulfide) groups is 1. The van der Waals surface area contributed by atoms with Gasteiger partial charge < -0.3 is 9.88 Å². The quantitative estimate of drug-likeness (QED) is 0.676. The number of nitrogens with one attached hydrogen (secondary N) is 1. The predicted molar refractivity (Wildman–Crippen MR) is 49.1 cm³/mol. The molecular weight excluding hydrogens is 172 g/mol. The average Bonchev–Trinajstić information content (AvgIpc) is 2.53. The molecule has 1 aliphatic heterocycles. The molecule has 0 aliphatic carbocycles. The van der Waals surface area contributed by atoms with Crippen molar-refractivity contribution < 1.29 is 0 Å². The SMILES string of the molecule is Cn1cnnc1C1CSCCN1. The predicted octanol–water partition coefficient (Wildman–Crippen LogP) is 0.193. The van der Waals surface area contributed by atoms with Gasteiger partial charge >= 0.3 is 0 Å². The Morgan fingerprint density at radius 3 is 3.25 bits per heavy atom. The van der Waals surface area contributed by atoms with Crippen LogP contribution >= 0.6 is 11.8 Å². The second-order valence-electron chi connectivity index (χ2n) is 2.88. The Labute approximate surface area is 75.8 Å². The van der Waals surface area contributed by atoms with Crippen molar-refractivity contribution in [3.05, 3.63) is 12.2 Å².